The monoisotopic (exact) mass is 309 g/mol. The first-order valence-electron chi connectivity index (χ1n) is 6.56. The van der Waals surface area contributed by atoms with Crippen LogP contribution < -0.4 is 10.1 Å². The van der Waals surface area contributed by atoms with E-state index < -0.39 is 0 Å². The number of rotatable bonds is 6. The van der Waals surface area contributed by atoms with Gasteiger partial charge in [-0.1, -0.05) is 48.3 Å². The van der Waals surface area contributed by atoms with Gasteiger partial charge in [0, 0.05) is 27.7 Å². The van der Waals surface area contributed by atoms with E-state index in [-0.39, 0.29) is 0 Å². The molecular weight excluding hydrogens is 293 g/mol. The summed E-state index contributed by atoms with van der Waals surface area (Å²) in [4.78, 5) is 0. The first-order chi connectivity index (χ1) is 9.70. The zero-order valence-corrected chi connectivity index (χ0v) is 12.8. The lowest BCUT2D eigenvalue weighted by Crippen LogP contribution is -2.13. The van der Waals surface area contributed by atoms with E-state index >= 15 is 0 Å². The second-order valence-corrected chi connectivity index (χ2v) is 5.26. The Hall–Kier alpha value is -1.22. The zero-order valence-electron chi connectivity index (χ0n) is 11.3. The third-order valence-corrected chi connectivity index (χ3v) is 3.53. The van der Waals surface area contributed by atoms with Crippen LogP contribution in [0.3, 0.4) is 0 Å². The van der Waals surface area contributed by atoms with Crippen molar-refractivity contribution >= 4 is 23.2 Å². The fourth-order valence-electron chi connectivity index (χ4n) is 1.86. The third kappa shape index (κ3) is 4.14. The molecule has 0 amide bonds. The molecule has 2 aromatic rings. The molecule has 0 fully saturated rings. The van der Waals surface area contributed by atoms with Crippen molar-refractivity contribution in [2.45, 2.75) is 20.1 Å². The fraction of sp³-hybridized carbons (Fsp3) is 0.250. The van der Waals surface area contributed by atoms with Gasteiger partial charge in [-0.25, -0.2) is 0 Å². The van der Waals surface area contributed by atoms with Gasteiger partial charge >= 0.3 is 0 Å². The van der Waals surface area contributed by atoms with E-state index in [1.54, 1.807) is 0 Å². The molecule has 0 aliphatic carbocycles. The van der Waals surface area contributed by atoms with E-state index in [2.05, 4.69) is 12.2 Å². The molecule has 0 heterocycles. The van der Waals surface area contributed by atoms with Crippen LogP contribution in [0.5, 0.6) is 5.75 Å². The van der Waals surface area contributed by atoms with E-state index in [0.717, 1.165) is 35.0 Å². The lowest BCUT2D eigenvalue weighted by molar-refractivity contribution is 0.302. The quantitative estimate of drug-likeness (QED) is 0.836. The van der Waals surface area contributed by atoms with Crippen LogP contribution in [0.1, 0.15) is 18.1 Å². The van der Waals surface area contributed by atoms with E-state index in [4.69, 9.17) is 27.9 Å². The van der Waals surface area contributed by atoms with Crippen LogP contribution >= 0.6 is 23.2 Å². The molecule has 0 bridgehead atoms. The highest BCUT2D eigenvalue weighted by Gasteiger charge is 2.06. The van der Waals surface area contributed by atoms with Gasteiger partial charge in [0.15, 0.2) is 0 Å². The predicted molar refractivity (Wildman–Crippen MR) is 84.6 cm³/mol. The summed E-state index contributed by atoms with van der Waals surface area (Å²) >= 11 is 12.2. The molecule has 0 spiro atoms. The Kier molecular flexibility index (Phi) is 5.72. The minimum Gasteiger partial charge on any atom is -0.489 e. The van der Waals surface area contributed by atoms with Gasteiger partial charge in [0.1, 0.15) is 12.4 Å². The Morgan fingerprint density at radius 3 is 2.60 bits per heavy atom. The SMILES string of the molecule is CCNCc1cc(Cl)ccc1OCc1ccccc1Cl. The molecule has 0 radical (unpaired) electrons. The zero-order chi connectivity index (χ0) is 14.4. The van der Waals surface area contributed by atoms with Crippen LogP contribution in [0, 0.1) is 0 Å². The van der Waals surface area contributed by atoms with Crippen molar-refractivity contribution in [3.8, 4) is 5.75 Å². The largest absolute Gasteiger partial charge is 0.489 e. The summed E-state index contributed by atoms with van der Waals surface area (Å²) < 4.78 is 5.87. The highest BCUT2D eigenvalue weighted by molar-refractivity contribution is 6.31. The van der Waals surface area contributed by atoms with Gasteiger partial charge in [-0.3, -0.25) is 0 Å². The molecule has 0 saturated carbocycles. The Labute approximate surface area is 129 Å². The van der Waals surface area contributed by atoms with Gasteiger partial charge in [0.05, 0.1) is 0 Å². The van der Waals surface area contributed by atoms with E-state index in [9.17, 15) is 0 Å². The third-order valence-electron chi connectivity index (χ3n) is 2.93. The highest BCUT2D eigenvalue weighted by Crippen LogP contribution is 2.25. The maximum absolute atomic E-state index is 6.13. The first kappa shape index (κ1) is 15.2. The second-order valence-electron chi connectivity index (χ2n) is 4.41. The van der Waals surface area contributed by atoms with Crippen molar-refractivity contribution in [3.63, 3.8) is 0 Å². The normalized spacial score (nSPS) is 10.6. The summed E-state index contributed by atoms with van der Waals surface area (Å²) in [5.74, 6) is 0.829. The van der Waals surface area contributed by atoms with Gasteiger partial charge < -0.3 is 10.1 Å². The summed E-state index contributed by atoms with van der Waals surface area (Å²) in [5, 5.41) is 4.71. The second kappa shape index (κ2) is 7.53. The summed E-state index contributed by atoms with van der Waals surface area (Å²) in [5.41, 5.74) is 2.02. The predicted octanol–water partition coefficient (Wildman–Crippen LogP) is 4.68. The van der Waals surface area contributed by atoms with Crippen molar-refractivity contribution in [1.29, 1.82) is 0 Å². The van der Waals surface area contributed by atoms with Crippen molar-refractivity contribution in [2.24, 2.45) is 0 Å². The van der Waals surface area contributed by atoms with Crippen molar-refractivity contribution in [3.05, 3.63) is 63.6 Å². The molecule has 4 heteroatoms. The summed E-state index contributed by atoms with van der Waals surface area (Å²) in [6.07, 6.45) is 0. The summed E-state index contributed by atoms with van der Waals surface area (Å²) in [7, 11) is 0. The van der Waals surface area contributed by atoms with Crippen molar-refractivity contribution < 1.29 is 4.74 Å². The van der Waals surface area contributed by atoms with Gasteiger partial charge in [-0.05, 0) is 30.8 Å². The molecule has 2 nitrogen and oxygen atoms in total. The minimum atomic E-state index is 0.445. The number of hydrogen-bond donors (Lipinski definition) is 1. The van der Waals surface area contributed by atoms with Crippen LogP contribution in [0.15, 0.2) is 42.5 Å². The van der Waals surface area contributed by atoms with Crippen LogP contribution in [0.4, 0.5) is 0 Å². The van der Waals surface area contributed by atoms with Gasteiger partial charge in [0.25, 0.3) is 0 Å². The van der Waals surface area contributed by atoms with Gasteiger partial charge in [-0.2, -0.15) is 0 Å². The molecule has 1 N–H and O–H groups in total. The Morgan fingerprint density at radius 1 is 1.05 bits per heavy atom. The lowest BCUT2D eigenvalue weighted by Gasteiger charge is -2.13. The molecule has 0 unspecified atom stereocenters. The van der Waals surface area contributed by atoms with Crippen LogP contribution in [0.2, 0.25) is 10.0 Å². The maximum atomic E-state index is 6.13. The molecule has 2 aromatic carbocycles. The molecule has 0 aliphatic rings. The van der Waals surface area contributed by atoms with Gasteiger partial charge in [-0.15, -0.1) is 0 Å². The van der Waals surface area contributed by atoms with Crippen LogP contribution in [-0.4, -0.2) is 6.54 Å². The average Bonchev–Trinajstić information content (AvgIpc) is 2.45. The minimum absolute atomic E-state index is 0.445. The molecule has 106 valence electrons. The Bertz CT molecular complexity index is 572. The smallest absolute Gasteiger partial charge is 0.124 e. The molecular formula is C16H17Cl2NO. The molecule has 2 rings (SSSR count). The number of benzene rings is 2. The standard InChI is InChI=1S/C16H17Cl2NO/c1-2-19-10-13-9-14(17)7-8-16(13)20-11-12-5-3-4-6-15(12)18/h3-9,19H,2,10-11H2,1H3. The Balaban J connectivity index is 2.10. The molecule has 0 aromatic heterocycles. The van der Waals surface area contributed by atoms with E-state index in [1.807, 2.05) is 42.5 Å². The lowest BCUT2D eigenvalue weighted by atomic mass is 10.2. The van der Waals surface area contributed by atoms with Crippen LogP contribution in [0.25, 0.3) is 0 Å². The van der Waals surface area contributed by atoms with E-state index in [0.29, 0.717) is 11.6 Å². The highest BCUT2D eigenvalue weighted by atomic mass is 35.5. The topological polar surface area (TPSA) is 21.3 Å². The summed E-state index contributed by atoms with van der Waals surface area (Å²) in [6.45, 7) is 4.14. The summed E-state index contributed by atoms with van der Waals surface area (Å²) in [6, 6.07) is 13.3. The molecule has 0 saturated heterocycles. The Morgan fingerprint density at radius 2 is 1.85 bits per heavy atom. The van der Waals surface area contributed by atoms with Gasteiger partial charge in [0.2, 0.25) is 0 Å². The molecule has 0 atom stereocenters. The molecule has 0 aliphatic heterocycles. The van der Waals surface area contributed by atoms with Crippen LogP contribution in [-0.2, 0) is 13.2 Å². The fourth-order valence-corrected chi connectivity index (χ4v) is 2.24. The maximum Gasteiger partial charge on any atom is 0.124 e. The number of ether oxygens (including phenoxy) is 1. The molecule has 20 heavy (non-hydrogen) atoms. The number of nitrogens with one attached hydrogen (secondary N) is 1. The number of hydrogen-bond acceptors (Lipinski definition) is 2. The van der Waals surface area contributed by atoms with Crippen molar-refractivity contribution in [2.75, 3.05) is 6.54 Å². The van der Waals surface area contributed by atoms with Crippen molar-refractivity contribution in [1.82, 2.24) is 5.32 Å². The first-order valence-corrected chi connectivity index (χ1v) is 7.31. The number of halogens is 2. The van der Waals surface area contributed by atoms with E-state index in [1.165, 1.54) is 0 Å². The average molecular weight is 310 g/mol.